The van der Waals surface area contributed by atoms with Crippen molar-refractivity contribution < 1.29 is 4.74 Å². The van der Waals surface area contributed by atoms with Gasteiger partial charge >= 0.3 is 0 Å². The zero-order valence-corrected chi connectivity index (χ0v) is 13.3. The SMILES string of the molecule is C[C@@H]1O[C@]2(SC(c3ccccc3)=NC2(C)C)S[C@H]1C. The lowest BCUT2D eigenvalue weighted by Gasteiger charge is -2.33. The largest absolute Gasteiger partial charge is 0.348 e. The van der Waals surface area contributed by atoms with Crippen LogP contribution in [0.1, 0.15) is 33.3 Å². The second kappa shape index (κ2) is 4.54. The maximum atomic E-state index is 6.30. The Balaban J connectivity index is 1.94. The lowest BCUT2D eigenvalue weighted by atomic mass is 10.1. The van der Waals surface area contributed by atoms with Gasteiger partial charge in [-0.2, -0.15) is 0 Å². The van der Waals surface area contributed by atoms with Gasteiger partial charge < -0.3 is 4.74 Å². The van der Waals surface area contributed by atoms with Crippen molar-refractivity contribution in [3.63, 3.8) is 0 Å². The summed E-state index contributed by atoms with van der Waals surface area (Å²) < 4.78 is 6.03. The molecule has 0 amide bonds. The van der Waals surface area contributed by atoms with E-state index in [0.29, 0.717) is 5.25 Å². The normalized spacial score (nSPS) is 36.7. The van der Waals surface area contributed by atoms with E-state index >= 15 is 0 Å². The zero-order valence-electron chi connectivity index (χ0n) is 11.7. The molecule has 0 bridgehead atoms. The Kier molecular flexibility index (Phi) is 3.23. The third-order valence-corrected chi connectivity index (χ3v) is 7.31. The Hall–Kier alpha value is -0.450. The Morgan fingerprint density at radius 1 is 1.16 bits per heavy atom. The van der Waals surface area contributed by atoms with E-state index in [1.54, 1.807) is 11.8 Å². The Bertz CT molecular complexity index is 502. The molecule has 1 spiro atoms. The fourth-order valence-corrected chi connectivity index (χ4v) is 5.79. The van der Waals surface area contributed by atoms with Gasteiger partial charge in [0.25, 0.3) is 0 Å². The third kappa shape index (κ3) is 2.14. The highest BCUT2D eigenvalue weighted by atomic mass is 32.2. The fourth-order valence-electron chi connectivity index (χ4n) is 2.35. The minimum Gasteiger partial charge on any atom is -0.348 e. The first-order valence-electron chi connectivity index (χ1n) is 6.63. The van der Waals surface area contributed by atoms with Crippen LogP contribution in [0.15, 0.2) is 35.3 Å². The number of nitrogens with zero attached hydrogens (tertiary/aromatic N) is 1. The molecular formula is C15H19NOS2. The van der Waals surface area contributed by atoms with Crippen LogP contribution in [-0.2, 0) is 4.74 Å². The summed E-state index contributed by atoms with van der Waals surface area (Å²) >= 11 is 3.69. The molecule has 0 aromatic heterocycles. The van der Waals surface area contributed by atoms with Gasteiger partial charge in [-0.15, -0.1) is 11.8 Å². The molecule has 2 nitrogen and oxygen atoms in total. The van der Waals surface area contributed by atoms with Crippen molar-refractivity contribution in [2.45, 2.75) is 48.9 Å². The smallest absolute Gasteiger partial charge is 0.191 e. The van der Waals surface area contributed by atoms with Gasteiger partial charge in [0.1, 0.15) is 10.6 Å². The predicted molar refractivity (Wildman–Crippen MR) is 85.0 cm³/mol. The Morgan fingerprint density at radius 2 is 1.84 bits per heavy atom. The molecule has 3 atom stereocenters. The summed E-state index contributed by atoms with van der Waals surface area (Å²) in [4.78, 5) is 4.93. The number of hydrogen-bond acceptors (Lipinski definition) is 4. The van der Waals surface area contributed by atoms with E-state index in [-0.39, 0.29) is 15.9 Å². The van der Waals surface area contributed by atoms with E-state index in [9.17, 15) is 0 Å². The van der Waals surface area contributed by atoms with Crippen LogP contribution in [0.4, 0.5) is 0 Å². The van der Waals surface area contributed by atoms with Gasteiger partial charge in [-0.1, -0.05) is 49.0 Å². The molecule has 2 heterocycles. The average Bonchev–Trinajstić information content (AvgIpc) is 2.79. The van der Waals surface area contributed by atoms with Crippen LogP contribution in [0.2, 0.25) is 0 Å². The van der Waals surface area contributed by atoms with Crippen LogP contribution in [0.3, 0.4) is 0 Å². The van der Waals surface area contributed by atoms with Crippen molar-refractivity contribution in [3.8, 4) is 0 Å². The van der Waals surface area contributed by atoms with Gasteiger partial charge in [-0.25, -0.2) is 0 Å². The van der Waals surface area contributed by atoms with E-state index in [1.165, 1.54) is 5.56 Å². The zero-order chi connectivity index (χ0) is 13.7. The van der Waals surface area contributed by atoms with Crippen LogP contribution >= 0.6 is 23.5 Å². The Morgan fingerprint density at radius 3 is 2.42 bits per heavy atom. The van der Waals surface area contributed by atoms with Crippen molar-refractivity contribution in [2.75, 3.05) is 0 Å². The van der Waals surface area contributed by atoms with E-state index in [0.717, 1.165) is 5.04 Å². The summed E-state index contributed by atoms with van der Waals surface area (Å²) in [7, 11) is 0. The average molecular weight is 293 g/mol. The maximum absolute atomic E-state index is 6.30. The van der Waals surface area contributed by atoms with Crippen molar-refractivity contribution in [1.82, 2.24) is 0 Å². The van der Waals surface area contributed by atoms with Gasteiger partial charge in [0.05, 0.1) is 6.10 Å². The number of aliphatic imine (C=N–C) groups is 1. The fraction of sp³-hybridized carbons (Fsp3) is 0.533. The molecule has 0 saturated carbocycles. The molecule has 19 heavy (non-hydrogen) atoms. The van der Waals surface area contributed by atoms with Crippen molar-refractivity contribution in [3.05, 3.63) is 35.9 Å². The number of benzene rings is 1. The number of hydrogen-bond donors (Lipinski definition) is 0. The standard InChI is InChI=1S/C15H19NOS2/c1-10-11(2)18-15(17-10)14(3,4)16-13(19-15)12-8-6-5-7-9-12/h5-11H,1-4H3/t10-,11-,15-/m0/s1. The maximum Gasteiger partial charge on any atom is 0.191 e. The molecule has 0 radical (unpaired) electrons. The lowest BCUT2D eigenvalue weighted by Crippen LogP contribution is -2.40. The first kappa shape index (κ1) is 13.5. The minimum atomic E-state index is -0.267. The van der Waals surface area contributed by atoms with Gasteiger partial charge in [-0.3, -0.25) is 4.99 Å². The molecule has 1 fully saturated rings. The van der Waals surface area contributed by atoms with Gasteiger partial charge in [-0.05, 0) is 20.8 Å². The molecule has 0 unspecified atom stereocenters. The second-order valence-electron chi connectivity index (χ2n) is 5.65. The molecule has 3 rings (SSSR count). The van der Waals surface area contributed by atoms with E-state index in [1.807, 2.05) is 17.8 Å². The minimum absolute atomic E-state index is 0.202. The predicted octanol–water partition coefficient (Wildman–Crippen LogP) is 4.15. The summed E-state index contributed by atoms with van der Waals surface area (Å²) in [6, 6.07) is 10.4. The molecule has 0 N–H and O–H groups in total. The second-order valence-corrected chi connectivity index (χ2v) is 8.62. The summed E-state index contributed by atoms with van der Waals surface area (Å²) in [6.07, 6.45) is 0.280. The van der Waals surface area contributed by atoms with E-state index in [2.05, 4.69) is 52.0 Å². The molecule has 4 heteroatoms. The van der Waals surface area contributed by atoms with E-state index in [4.69, 9.17) is 9.73 Å². The highest BCUT2D eigenvalue weighted by Gasteiger charge is 2.59. The molecule has 102 valence electrons. The summed E-state index contributed by atoms with van der Waals surface area (Å²) in [5, 5.41) is 1.61. The molecule has 1 aromatic carbocycles. The summed E-state index contributed by atoms with van der Waals surface area (Å²) in [6.45, 7) is 8.74. The molecule has 2 aliphatic heterocycles. The van der Waals surface area contributed by atoms with Gasteiger partial charge in [0.15, 0.2) is 4.27 Å². The molecule has 2 aliphatic rings. The van der Waals surface area contributed by atoms with Crippen LogP contribution in [0, 0.1) is 0 Å². The first-order chi connectivity index (χ1) is 8.94. The third-order valence-electron chi connectivity index (χ3n) is 3.73. The number of ether oxygens (including phenoxy) is 1. The molecular weight excluding hydrogens is 274 g/mol. The molecule has 1 aromatic rings. The Labute approximate surface area is 123 Å². The van der Waals surface area contributed by atoms with Crippen molar-refractivity contribution >= 4 is 28.6 Å². The van der Waals surface area contributed by atoms with Gasteiger partial charge in [0.2, 0.25) is 0 Å². The van der Waals surface area contributed by atoms with E-state index < -0.39 is 0 Å². The van der Waals surface area contributed by atoms with Crippen LogP contribution in [0.25, 0.3) is 0 Å². The quantitative estimate of drug-likeness (QED) is 0.776. The lowest BCUT2D eigenvalue weighted by molar-refractivity contribution is 0.0177. The molecule has 1 saturated heterocycles. The monoisotopic (exact) mass is 293 g/mol. The highest BCUT2D eigenvalue weighted by Crippen LogP contribution is 2.60. The van der Waals surface area contributed by atoms with Crippen LogP contribution in [0.5, 0.6) is 0 Å². The van der Waals surface area contributed by atoms with Crippen LogP contribution in [-0.4, -0.2) is 26.2 Å². The number of rotatable bonds is 1. The van der Waals surface area contributed by atoms with Crippen molar-refractivity contribution in [1.29, 1.82) is 0 Å². The highest BCUT2D eigenvalue weighted by molar-refractivity contribution is 8.26. The molecule has 0 aliphatic carbocycles. The van der Waals surface area contributed by atoms with Crippen LogP contribution < -0.4 is 0 Å². The summed E-state index contributed by atoms with van der Waals surface area (Å²) in [5.41, 5.74) is 0.987. The number of thioether (sulfide) groups is 2. The van der Waals surface area contributed by atoms with Crippen molar-refractivity contribution in [2.24, 2.45) is 4.99 Å². The topological polar surface area (TPSA) is 21.6 Å². The summed E-state index contributed by atoms with van der Waals surface area (Å²) in [5.74, 6) is 0. The first-order valence-corrected chi connectivity index (χ1v) is 8.33. The van der Waals surface area contributed by atoms with Gasteiger partial charge in [0, 0.05) is 10.8 Å².